The monoisotopic (exact) mass is 317 g/mol. The third kappa shape index (κ3) is 5.35. The number of nitrogens with one attached hydrogen (secondary N) is 1. The van der Waals surface area contributed by atoms with Gasteiger partial charge in [-0.2, -0.15) is 0 Å². The average Bonchev–Trinajstić information content (AvgIpc) is 2.58. The number of ether oxygens (including phenoxy) is 1. The zero-order chi connectivity index (χ0) is 16.7. The Balaban J connectivity index is 2.01. The molecule has 1 aliphatic heterocycles. The number of benzene rings is 1. The van der Waals surface area contributed by atoms with Crippen LogP contribution in [0, 0.1) is 11.8 Å². The Hall–Kier alpha value is -1.35. The fraction of sp³-hybridized carbons (Fsp3) is 0.650. The van der Waals surface area contributed by atoms with Crippen molar-refractivity contribution >= 4 is 5.91 Å². The second-order valence-electron chi connectivity index (χ2n) is 6.96. The minimum Gasteiger partial charge on any atom is -0.381 e. The largest absolute Gasteiger partial charge is 0.381 e. The van der Waals surface area contributed by atoms with Crippen LogP contribution in [0.3, 0.4) is 0 Å². The lowest BCUT2D eigenvalue weighted by molar-refractivity contribution is -0.129. The maximum Gasteiger partial charge on any atom is 0.223 e. The van der Waals surface area contributed by atoms with Gasteiger partial charge in [-0.3, -0.25) is 4.79 Å². The summed E-state index contributed by atoms with van der Waals surface area (Å²) in [7, 11) is 0. The summed E-state index contributed by atoms with van der Waals surface area (Å²) in [6.45, 7) is 7.96. The van der Waals surface area contributed by atoms with Crippen LogP contribution in [0.15, 0.2) is 24.3 Å². The number of amides is 1. The van der Waals surface area contributed by atoms with E-state index in [0.29, 0.717) is 19.1 Å². The highest BCUT2D eigenvalue weighted by Crippen LogP contribution is 2.24. The predicted octanol–water partition coefficient (Wildman–Crippen LogP) is 4.27. The van der Waals surface area contributed by atoms with Crippen molar-refractivity contribution in [1.29, 1.82) is 0 Å². The molecule has 1 fully saturated rings. The van der Waals surface area contributed by atoms with Crippen molar-refractivity contribution in [2.45, 2.75) is 58.9 Å². The molecule has 0 radical (unpaired) electrons. The Bertz CT molecular complexity index is 475. The minimum absolute atomic E-state index is 0.0885. The Kier molecular flexibility index (Phi) is 7.10. The standard InChI is InChI=1S/C20H31NO2/c1-4-5-6-16-7-9-17(10-8-16)19(15(2)3)21-20(22)18-11-13-23-14-12-18/h7-10,15,18-19H,4-6,11-14H2,1-3H3,(H,21,22). The van der Waals surface area contributed by atoms with Gasteiger partial charge in [-0.15, -0.1) is 0 Å². The van der Waals surface area contributed by atoms with Crippen molar-refractivity contribution in [3.8, 4) is 0 Å². The van der Waals surface area contributed by atoms with Crippen LogP contribution < -0.4 is 5.32 Å². The smallest absolute Gasteiger partial charge is 0.223 e. The van der Waals surface area contributed by atoms with Crippen LogP contribution in [0.1, 0.15) is 63.6 Å². The minimum atomic E-state index is 0.0885. The fourth-order valence-corrected chi connectivity index (χ4v) is 3.14. The lowest BCUT2D eigenvalue weighted by atomic mass is 9.92. The van der Waals surface area contributed by atoms with Crippen molar-refractivity contribution in [3.63, 3.8) is 0 Å². The summed E-state index contributed by atoms with van der Waals surface area (Å²) in [5, 5.41) is 3.27. The van der Waals surface area contributed by atoms with Crippen molar-refractivity contribution in [3.05, 3.63) is 35.4 Å². The number of hydrogen-bond donors (Lipinski definition) is 1. The van der Waals surface area contributed by atoms with E-state index < -0.39 is 0 Å². The molecule has 1 heterocycles. The third-order valence-corrected chi connectivity index (χ3v) is 4.71. The van der Waals surface area contributed by atoms with Crippen molar-refractivity contribution in [2.24, 2.45) is 11.8 Å². The molecule has 1 atom stereocenters. The van der Waals surface area contributed by atoms with Crippen molar-refractivity contribution in [1.82, 2.24) is 5.32 Å². The first-order valence-corrected chi connectivity index (χ1v) is 9.08. The Morgan fingerprint density at radius 1 is 1.22 bits per heavy atom. The van der Waals surface area contributed by atoms with E-state index >= 15 is 0 Å². The van der Waals surface area contributed by atoms with Gasteiger partial charge in [-0.25, -0.2) is 0 Å². The van der Waals surface area contributed by atoms with E-state index in [1.54, 1.807) is 0 Å². The van der Waals surface area contributed by atoms with E-state index in [4.69, 9.17) is 4.74 Å². The maximum absolute atomic E-state index is 12.5. The SMILES string of the molecule is CCCCc1ccc(C(NC(=O)C2CCOCC2)C(C)C)cc1. The molecular weight excluding hydrogens is 286 g/mol. The summed E-state index contributed by atoms with van der Waals surface area (Å²) >= 11 is 0. The van der Waals surface area contributed by atoms with Crippen molar-refractivity contribution < 1.29 is 9.53 Å². The summed E-state index contributed by atoms with van der Waals surface area (Å²) in [5.74, 6) is 0.663. The quantitative estimate of drug-likeness (QED) is 0.815. The molecule has 0 aromatic heterocycles. The number of hydrogen-bond acceptors (Lipinski definition) is 2. The topological polar surface area (TPSA) is 38.3 Å². The number of rotatable bonds is 7. The number of carbonyl (C=O) groups excluding carboxylic acids is 1. The molecule has 0 aliphatic carbocycles. The molecule has 1 aromatic carbocycles. The maximum atomic E-state index is 12.5. The van der Waals surface area contributed by atoms with E-state index in [1.807, 2.05) is 0 Å². The van der Waals surface area contributed by atoms with E-state index in [0.717, 1.165) is 19.3 Å². The Morgan fingerprint density at radius 2 is 1.87 bits per heavy atom. The van der Waals surface area contributed by atoms with Crippen LogP contribution in [-0.2, 0) is 16.0 Å². The Morgan fingerprint density at radius 3 is 2.43 bits per heavy atom. The van der Waals surface area contributed by atoms with Gasteiger partial charge in [-0.05, 0) is 42.7 Å². The van der Waals surface area contributed by atoms with E-state index in [9.17, 15) is 4.79 Å². The predicted molar refractivity (Wildman–Crippen MR) is 94.3 cm³/mol. The molecule has 1 amide bonds. The van der Waals surface area contributed by atoms with Gasteiger partial charge in [-0.1, -0.05) is 51.5 Å². The summed E-state index contributed by atoms with van der Waals surface area (Å²) in [4.78, 5) is 12.5. The van der Waals surface area contributed by atoms with Gasteiger partial charge >= 0.3 is 0 Å². The molecule has 3 nitrogen and oxygen atoms in total. The van der Waals surface area contributed by atoms with Crippen LogP contribution in [0.5, 0.6) is 0 Å². The summed E-state index contributed by atoms with van der Waals surface area (Å²) in [6.07, 6.45) is 5.27. The van der Waals surface area contributed by atoms with Crippen LogP contribution in [-0.4, -0.2) is 19.1 Å². The van der Waals surface area contributed by atoms with Gasteiger partial charge in [0.25, 0.3) is 0 Å². The second kappa shape index (κ2) is 9.07. The number of carbonyl (C=O) groups is 1. The zero-order valence-corrected chi connectivity index (χ0v) is 14.8. The van der Waals surface area contributed by atoms with Gasteiger partial charge in [0.1, 0.15) is 0 Å². The molecule has 0 saturated carbocycles. The highest BCUT2D eigenvalue weighted by Gasteiger charge is 2.25. The van der Waals surface area contributed by atoms with Gasteiger partial charge < -0.3 is 10.1 Å². The molecular formula is C20H31NO2. The van der Waals surface area contributed by atoms with Gasteiger partial charge in [0.15, 0.2) is 0 Å². The fourth-order valence-electron chi connectivity index (χ4n) is 3.14. The van der Waals surface area contributed by atoms with E-state index in [-0.39, 0.29) is 17.9 Å². The molecule has 23 heavy (non-hydrogen) atoms. The lowest BCUT2D eigenvalue weighted by Crippen LogP contribution is -2.38. The highest BCUT2D eigenvalue weighted by atomic mass is 16.5. The molecule has 1 N–H and O–H groups in total. The first kappa shape index (κ1) is 18.0. The number of aryl methyl sites for hydroxylation is 1. The lowest BCUT2D eigenvalue weighted by Gasteiger charge is -2.27. The normalized spacial score (nSPS) is 17.2. The third-order valence-electron chi connectivity index (χ3n) is 4.71. The highest BCUT2D eigenvalue weighted by molar-refractivity contribution is 5.79. The molecule has 128 valence electrons. The molecule has 1 unspecified atom stereocenters. The summed E-state index contributed by atoms with van der Waals surface area (Å²) < 4.78 is 5.35. The molecule has 2 rings (SSSR count). The average molecular weight is 317 g/mol. The summed E-state index contributed by atoms with van der Waals surface area (Å²) in [6, 6.07) is 8.87. The first-order valence-electron chi connectivity index (χ1n) is 9.08. The van der Waals surface area contributed by atoms with Crippen molar-refractivity contribution in [2.75, 3.05) is 13.2 Å². The zero-order valence-electron chi connectivity index (χ0n) is 14.8. The van der Waals surface area contributed by atoms with Gasteiger partial charge in [0, 0.05) is 19.1 Å². The van der Waals surface area contributed by atoms with Gasteiger partial charge in [0.05, 0.1) is 6.04 Å². The first-order chi connectivity index (χ1) is 11.1. The van der Waals surface area contributed by atoms with E-state index in [2.05, 4.69) is 50.4 Å². The molecule has 1 aliphatic rings. The number of unbranched alkanes of at least 4 members (excludes halogenated alkanes) is 1. The molecule has 0 bridgehead atoms. The molecule has 0 spiro atoms. The van der Waals surface area contributed by atoms with E-state index in [1.165, 1.54) is 24.0 Å². The molecule has 1 saturated heterocycles. The Labute approximate surface area is 140 Å². The summed E-state index contributed by atoms with van der Waals surface area (Å²) in [5.41, 5.74) is 2.59. The second-order valence-corrected chi connectivity index (χ2v) is 6.96. The molecule has 1 aromatic rings. The van der Waals surface area contributed by atoms with Crippen LogP contribution in [0.4, 0.5) is 0 Å². The molecule has 3 heteroatoms. The van der Waals surface area contributed by atoms with Gasteiger partial charge in [0.2, 0.25) is 5.91 Å². The van der Waals surface area contributed by atoms with Crippen LogP contribution in [0.2, 0.25) is 0 Å². The van der Waals surface area contributed by atoms with Crippen LogP contribution >= 0.6 is 0 Å². The van der Waals surface area contributed by atoms with Crippen LogP contribution in [0.25, 0.3) is 0 Å².